The lowest BCUT2D eigenvalue weighted by Gasteiger charge is -2.29. The molecular weight excluding hydrogens is 374 g/mol. The number of halogens is 1. The molecule has 0 bridgehead atoms. The number of nitrogens with zero attached hydrogens (tertiary/aromatic N) is 1. The summed E-state index contributed by atoms with van der Waals surface area (Å²) in [7, 11) is 1.88. The van der Waals surface area contributed by atoms with Crippen LogP contribution in [0.3, 0.4) is 0 Å². The van der Waals surface area contributed by atoms with Crippen LogP contribution in [0.25, 0.3) is 0 Å². The van der Waals surface area contributed by atoms with Gasteiger partial charge in [-0.2, -0.15) is 0 Å². The van der Waals surface area contributed by atoms with E-state index < -0.39 is 0 Å². The van der Waals surface area contributed by atoms with Gasteiger partial charge in [-0.3, -0.25) is 9.59 Å². The number of nitrogens with one attached hydrogen (secondary N) is 2. The van der Waals surface area contributed by atoms with Crippen LogP contribution in [0.5, 0.6) is 0 Å². The van der Waals surface area contributed by atoms with E-state index in [9.17, 15) is 9.59 Å². The van der Waals surface area contributed by atoms with Gasteiger partial charge in [-0.05, 0) is 62.2 Å². The van der Waals surface area contributed by atoms with Crippen molar-refractivity contribution >= 4 is 35.6 Å². The van der Waals surface area contributed by atoms with Gasteiger partial charge < -0.3 is 15.5 Å². The molecular formula is C22H28ClN3O2. The SMILES string of the molecule is CNCCCC(=O)Nc1ccc(CC(=O)N2CCCc3ccccc32)cc1.Cl. The summed E-state index contributed by atoms with van der Waals surface area (Å²) < 4.78 is 0. The highest BCUT2D eigenvalue weighted by Crippen LogP contribution is 2.27. The van der Waals surface area contributed by atoms with Crippen LogP contribution in [0.4, 0.5) is 11.4 Å². The maximum Gasteiger partial charge on any atom is 0.231 e. The summed E-state index contributed by atoms with van der Waals surface area (Å²) >= 11 is 0. The van der Waals surface area contributed by atoms with E-state index in [1.807, 2.05) is 54.4 Å². The molecule has 5 nitrogen and oxygen atoms in total. The second-order valence-corrected chi connectivity index (χ2v) is 6.91. The van der Waals surface area contributed by atoms with Gasteiger partial charge in [-0.25, -0.2) is 0 Å². The maximum absolute atomic E-state index is 12.8. The number of para-hydroxylation sites is 1. The van der Waals surface area contributed by atoms with Crippen LogP contribution in [-0.2, 0) is 22.4 Å². The molecule has 1 aliphatic heterocycles. The van der Waals surface area contributed by atoms with E-state index in [0.29, 0.717) is 12.8 Å². The fraction of sp³-hybridized carbons (Fsp3) is 0.364. The number of rotatable bonds is 7. The van der Waals surface area contributed by atoms with Crippen LogP contribution in [0.15, 0.2) is 48.5 Å². The van der Waals surface area contributed by atoms with E-state index in [-0.39, 0.29) is 24.2 Å². The summed E-state index contributed by atoms with van der Waals surface area (Å²) in [6.45, 7) is 1.60. The smallest absolute Gasteiger partial charge is 0.231 e. The van der Waals surface area contributed by atoms with E-state index in [1.165, 1.54) is 5.56 Å². The minimum absolute atomic E-state index is 0. The van der Waals surface area contributed by atoms with Crippen LogP contribution in [0.1, 0.15) is 30.4 Å². The molecule has 2 amide bonds. The van der Waals surface area contributed by atoms with Crippen molar-refractivity contribution in [2.45, 2.75) is 32.1 Å². The van der Waals surface area contributed by atoms with E-state index in [4.69, 9.17) is 0 Å². The van der Waals surface area contributed by atoms with Crippen molar-refractivity contribution in [3.8, 4) is 0 Å². The number of hydrogen-bond acceptors (Lipinski definition) is 3. The fourth-order valence-electron chi connectivity index (χ4n) is 3.42. The van der Waals surface area contributed by atoms with Crippen LogP contribution < -0.4 is 15.5 Å². The molecule has 0 unspecified atom stereocenters. The number of carbonyl (C=O) groups excluding carboxylic acids is 2. The molecule has 2 N–H and O–H groups in total. The monoisotopic (exact) mass is 401 g/mol. The zero-order valence-corrected chi connectivity index (χ0v) is 17.1. The molecule has 0 aromatic heterocycles. The zero-order valence-electron chi connectivity index (χ0n) is 16.2. The minimum atomic E-state index is 0. The summed E-state index contributed by atoms with van der Waals surface area (Å²) in [6, 6.07) is 15.7. The second kappa shape index (κ2) is 10.8. The quantitative estimate of drug-likeness (QED) is 0.697. The average Bonchev–Trinajstić information content (AvgIpc) is 2.69. The normalized spacial score (nSPS) is 12.7. The maximum atomic E-state index is 12.8. The van der Waals surface area contributed by atoms with Gasteiger partial charge in [0.1, 0.15) is 0 Å². The molecule has 6 heteroatoms. The Balaban J connectivity index is 0.00000280. The van der Waals surface area contributed by atoms with Crippen LogP contribution in [0, 0.1) is 0 Å². The lowest BCUT2D eigenvalue weighted by Crippen LogP contribution is -2.36. The number of benzene rings is 2. The molecule has 2 aromatic rings. The second-order valence-electron chi connectivity index (χ2n) is 6.91. The molecule has 0 saturated heterocycles. The molecule has 0 aliphatic carbocycles. The Bertz CT molecular complexity index is 793. The average molecular weight is 402 g/mol. The molecule has 1 aliphatic rings. The summed E-state index contributed by atoms with van der Waals surface area (Å²) in [6.07, 6.45) is 3.70. The van der Waals surface area contributed by atoms with E-state index in [0.717, 1.165) is 49.3 Å². The van der Waals surface area contributed by atoms with Crippen molar-refractivity contribution in [2.24, 2.45) is 0 Å². The molecule has 150 valence electrons. The predicted octanol–water partition coefficient (Wildman–Crippen LogP) is 3.57. The fourth-order valence-corrected chi connectivity index (χ4v) is 3.42. The first-order valence-electron chi connectivity index (χ1n) is 9.59. The number of amides is 2. The molecule has 2 aromatic carbocycles. The highest BCUT2D eigenvalue weighted by atomic mass is 35.5. The summed E-state index contributed by atoms with van der Waals surface area (Å²) in [5.41, 5.74) is 4.01. The van der Waals surface area contributed by atoms with Crippen molar-refractivity contribution in [3.05, 3.63) is 59.7 Å². The predicted molar refractivity (Wildman–Crippen MR) is 116 cm³/mol. The zero-order chi connectivity index (χ0) is 19.1. The van der Waals surface area contributed by atoms with Gasteiger partial charge >= 0.3 is 0 Å². The van der Waals surface area contributed by atoms with Crippen molar-refractivity contribution in [1.29, 1.82) is 0 Å². The Labute approximate surface area is 172 Å². The third-order valence-electron chi connectivity index (χ3n) is 4.83. The number of anilines is 2. The standard InChI is InChI=1S/C22H27N3O2.ClH/c1-23-14-4-9-21(26)24-19-12-10-17(11-13-19)16-22(27)25-15-5-7-18-6-2-3-8-20(18)25;/h2-3,6,8,10-13,23H,4-5,7,9,14-16H2,1H3,(H,24,26);1H. The van der Waals surface area contributed by atoms with Crippen molar-refractivity contribution in [3.63, 3.8) is 0 Å². The first-order valence-corrected chi connectivity index (χ1v) is 9.59. The minimum Gasteiger partial charge on any atom is -0.326 e. The highest BCUT2D eigenvalue weighted by molar-refractivity contribution is 5.96. The van der Waals surface area contributed by atoms with Gasteiger partial charge in [0.25, 0.3) is 0 Å². The topological polar surface area (TPSA) is 61.4 Å². The molecule has 0 saturated carbocycles. The van der Waals surface area contributed by atoms with Crippen LogP contribution in [0.2, 0.25) is 0 Å². The molecule has 3 rings (SSSR count). The molecule has 28 heavy (non-hydrogen) atoms. The lowest BCUT2D eigenvalue weighted by molar-refractivity contribution is -0.118. The first-order chi connectivity index (χ1) is 13.2. The lowest BCUT2D eigenvalue weighted by atomic mass is 10.0. The van der Waals surface area contributed by atoms with Gasteiger partial charge in [0.15, 0.2) is 0 Å². The van der Waals surface area contributed by atoms with Crippen LogP contribution >= 0.6 is 12.4 Å². The van der Waals surface area contributed by atoms with Crippen LogP contribution in [-0.4, -0.2) is 32.0 Å². The van der Waals surface area contributed by atoms with Crippen molar-refractivity contribution < 1.29 is 9.59 Å². The number of carbonyl (C=O) groups is 2. The molecule has 0 radical (unpaired) electrons. The Hall–Kier alpha value is -2.37. The third kappa shape index (κ3) is 5.81. The first kappa shape index (κ1) is 21.9. The Kier molecular flexibility index (Phi) is 8.48. The molecule has 0 atom stereocenters. The molecule has 1 heterocycles. The molecule has 0 fully saturated rings. The Morgan fingerprint density at radius 1 is 1.07 bits per heavy atom. The number of fused-ring (bicyclic) bond motifs is 1. The van der Waals surface area contributed by atoms with Gasteiger partial charge in [-0.1, -0.05) is 30.3 Å². The summed E-state index contributed by atoms with van der Waals surface area (Å²) in [4.78, 5) is 26.6. The largest absolute Gasteiger partial charge is 0.326 e. The van der Waals surface area contributed by atoms with Crippen molar-refractivity contribution in [1.82, 2.24) is 5.32 Å². The van der Waals surface area contributed by atoms with Gasteiger partial charge in [0.2, 0.25) is 11.8 Å². The van der Waals surface area contributed by atoms with Gasteiger partial charge in [0, 0.05) is 24.3 Å². The number of hydrogen-bond donors (Lipinski definition) is 2. The number of aryl methyl sites for hydroxylation is 1. The third-order valence-corrected chi connectivity index (χ3v) is 4.83. The highest BCUT2D eigenvalue weighted by Gasteiger charge is 2.22. The van der Waals surface area contributed by atoms with E-state index in [1.54, 1.807) is 0 Å². The molecule has 0 spiro atoms. The summed E-state index contributed by atoms with van der Waals surface area (Å²) in [5, 5.41) is 5.93. The summed E-state index contributed by atoms with van der Waals surface area (Å²) in [5.74, 6) is 0.130. The van der Waals surface area contributed by atoms with Crippen molar-refractivity contribution in [2.75, 3.05) is 30.4 Å². The van der Waals surface area contributed by atoms with Gasteiger partial charge in [0.05, 0.1) is 6.42 Å². The van der Waals surface area contributed by atoms with E-state index >= 15 is 0 Å². The Morgan fingerprint density at radius 2 is 1.82 bits per heavy atom. The van der Waals surface area contributed by atoms with Gasteiger partial charge in [-0.15, -0.1) is 12.4 Å². The van der Waals surface area contributed by atoms with E-state index in [2.05, 4.69) is 16.7 Å². The Morgan fingerprint density at radius 3 is 2.57 bits per heavy atom.